The Morgan fingerprint density at radius 2 is 1.96 bits per heavy atom. The zero-order valence-electron chi connectivity index (χ0n) is 15.5. The summed E-state index contributed by atoms with van der Waals surface area (Å²) in [5.41, 5.74) is 2.53. The number of benzene rings is 2. The van der Waals surface area contributed by atoms with E-state index in [4.69, 9.17) is 9.47 Å². The second-order valence-electron chi connectivity index (χ2n) is 5.64. The average molecular weight is 476 g/mol. The van der Waals surface area contributed by atoms with Gasteiger partial charge in [-0.2, -0.15) is 5.26 Å². The number of aryl methyl sites for hydroxylation is 1. The van der Waals surface area contributed by atoms with Crippen LogP contribution in [0.15, 0.2) is 42.0 Å². The first-order valence-corrected chi connectivity index (χ1v) is 9.62. The van der Waals surface area contributed by atoms with Gasteiger partial charge in [-0.3, -0.25) is 4.79 Å². The van der Waals surface area contributed by atoms with E-state index in [-0.39, 0.29) is 5.57 Å². The molecule has 0 radical (unpaired) electrons. The van der Waals surface area contributed by atoms with Gasteiger partial charge in [0.25, 0.3) is 5.91 Å². The van der Waals surface area contributed by atoms with Gasteiger partial charge in [-0.1, -0.05) is 19.1 Å². The van der Waals surface area contributed by atoms with Crippen molar-refractivity contribution in [2.45, 2.75) is 20.3 Å². The Morgan fingerprint density at radius 1 is 1.26 bits per heavy atom. The lowest BCUT2D eigenvalue weighted by Gasteiger charge is -2.12. The van der Waals surface area contributed by atoms with Crippen molar-refractivity contribution in [1.82, 2.24) is 0 Å². The Labute approximate surface area is 173 Å². The van der Waals surface area contributed by atoms with Crippen LogP contribution in [0.25, 0.3) is 6.08 Å². The van der Waals surface area contributed by atoms with Gasteiger partial charge in [-0.05, 0) is 77.4 Å². The van der Waals surface area contributed by atoms with E-state index in [0.29, 0.717) is 29.4 Å². The Morgan fingerprint density at radius 3 is 2.52 bits per heavy atom. The van der Waals surface area contributed by atoms with Crippen LogP contribution in [-0.4, -0.2) is 19.6 Å². The molecule has 0 heterocycles. The van der Waals surface area contributed by atoms with E-state index in [1.54, 1.807) is 19.3 Å². The summed E-state index contributed by atoms with van der Waals surface area (Å²) in [6.07, 6.45) is 2.47. The maximum absolute atomic E-state index is 12.5. The number of methoxy groups -OCH3 is 1. The van der Waals surface area contributed by atoms with Crippen molar-refractivity contribution in [3.05, 3.63) is 56.7 Å². The third-order valence-corrected chi connectivity index (χ3v) is 4.63. The molecule has 0 saturated heterocycles. The van der Waals surface area contributed by atoms with Crippen LogP contribution < -0.4 is 14.8 Å². The molecule has 2 rings (SSSR count). The van der Waals surface area contributed by atoms with Gasteiger partial charge >= 0.3 is 0 Å². The first-order valence-electron chi connectivity index (χ1n) is 8.54. The number of amides is 1. The van der Waals surface area contributed by atoms with Crippen molar-refractivity contribution in [2.75, 3.05) is 19.0 Å². The summed E-state index contributed by atoms with van der Waals surface area (Å²) in [7, 11) is 1.58. The van der Waals surface area contributed by atoms with Crippen LogP contribution >= 0.6 is 22.6 Å². The van der Waals surface area contributed by atoms with Crippen molar-refractivity contribution in [1.29, 1.82) is 5.26 Å². The minimum atomic E-state index is -0.453. The number of hydrogen-bond donors (Lipinski definition) is 1. The zero-order chi connectivity index (χ0) is 19.8. The largest absolute Gasteiger partial charge is 0.492 e. The van der Waals surface area contributed by atoms with Gasteiger partial charge in [0.05, 0.1) is 17.3 Å². The predicted octanol–water partition coefficient (Wildman–Crippen LogP) is 4.81. The monoisotopic (exact) mass is 476 g/mol. The molecule has 140 valence electrons. The van der Waals surface area contributed by atoms with Crippen molar-refractivity contribution < 1.29 is 14.3 Å². The highest BCUT2D eigenvalue weighted by atomic mass is 127. The summed E-state index contributed by atoms with van der Waals surface area (Å²) in [5.74, 6) is 0.755. The number of rotatable bonds is 7. The molecule has 0 aliphatic carbocycles. The Hall–Kier alpha value is -2.53. The molecule has 1 amide bonds. The van der Waals surface area contributed by atoms with Crippen LogP contribution in [0.2, 0.25) is 0 Å². The summed E-state index contributed by atoms with van der Waals surface area (Å²) in [6, 6.07) is 13.1. The lowest BCUT2D eigenvalue weighted by Crippen LogP contribution is -2.13. The molecule has 27 heavy (non-hydrogen) atoms. The summed E-state index contributed by atoms with van der Waals surface area (Å²) in [5, 5.41) is 12.2. The molecule has 1 N–H and O–H groups in total. The molecule has 0 spiro atoms. The smallest absolute Gasteiger partial charge is 0.266 e. The molecule has 0 aliphatic rings. The van der Waals surface area contributed by atoms with Gasteiger partial charge < -0.3 is 14.8 Å². The molecule has 0 bridgehead atoms. The topological polar surface area (TPSA) is 71.3 Å². The number of halogens is 1. The molecule has 2 aromatic carbocycles. The van der Waals surface area contributed by atoms with Crippen LogP contribution in [0.5, 0.6) is 11.5 Å². The number of carbonyl (C=O) groups is 1. The fourth-order valence-electron chi connectivity index (χ4n) is 2.47. The van der Waals surface area contributed by atoms with E-state index >= 15 is 0 Å². The van der Waals surface area contributed by atoms with Gasteiger partial charge in [-0.25, -0.2) is 0 Å². The highest BCUT2D eigenvalue weighted by molar-refractivity contribution is 14.1. The van der Waals surface area contributed by atoms with E-state index in [1.165, 1.54) is 5.56 Å². The van der Waals surface area contributed by atoms with Crippen LogP contribution in [0.1, 0.15) is 25.0 Å². The normalized spacial score (nSPS) is 10.9. The third kappa shape index (κ3) is 5.47. The summed E-state index contributed by atoms with van der Waals surface area (Å²) >= 11 is 2.14. The van der Waals surface area contributed by atoms with Gasteiger partial charge in [-0.15, -0.1) is 0 Å². The Balaban J connectivity index is 2.28. The Kier molecular flexibility index (Phi) is 7.67. The summed E-state index contributed by atoms with van der Waals surface area (Å²) < 4.78 is 11.8. The second-order valence-corrected chi connectivity index (χ2v) is 6.80. The molecular weight excluding hydrogens is 455 g/mol. The number of nitrogens with zero attached hydrogens (tertiary/aromatic N) is 1. The van der Waals surface area contributed by atoms with Gasteiger partial charge in [0, 0.05) is 5.69 Å². The maximum atomic E-state index is 12.5. The molecular formula is C21H21IN2O3. The number of nitriles is 1. The van der Waals surface area contributed by atoms with Crippen molar-refractivity contribution in [2.24, 2.45) is 0 Å². The molecule has 0 fully saturated rings. The number of ether oxygens (including phenoxy) is 2. The van der Waals surface area contributed by atoms with Crippen molar-refractivity contribution >= 4 is 40.3 Å². The molecule has 2 aromatic rings. The lowest BCUT2D eigenvalue weighted by atomic mass is 10.1. The fraction of sp³-hybridized carbons (Fsp3) is 0.238. The highest BCUT2D eigenvalue weighted by Crippen LogP contribution is 2.34. The van der Waals surface area contributed by atoms with Crippen molar-refractivity contribution in [3.63, 3.8) is 0 Å². The maximum Gasteiger partial charge on any atom is 0.266 e. The van der Waals surface area contributed by atoms with E-state index in [0.717, 1.165) is 9.99 Å². The third-order valence-electron chi connectivity index (χ3n) is 3.83. The van der Waals surface area contributed by atoms with Crippen LogP contribution in [0, 0.1) is 14.9 Å². The first-order chi connectivity index (χ1) is 13.0. The number of nitrogens with one attached hydrogen (secondary N) is 1. The first kappa shape index (κ1) is 20.8. The quantitative estimate of drug-likeness (QED) is 0.354. The number of carbonyl (C=O) groups excluding carboxylic acids is 1. The minimum Gasteiger partial charge on any atom is -0.492 e. The van der Waals surface area contributed by atoms with Gasteiger partial charge in [0.1, 0.15) is 11.6 Å². The van der Waals surface area contributed by atoms with Crippen LogP contribution in [0.4, 0.5) is 5.69 Å². The highest BCUT2D eigenvalue weighted by Gasteiger charge is 2.13. The summed E-state index contributed by atoms with van der Waals surface area (Å²) in [4.78, 5) is 12.5. The molecule has 0 unspecified atom stereocenters. The van der Waals surface area contributed by atoms with Gasteiger partial charge in [0.2, 0.25) is 0 Å². The lowest BCUT2D eigenvalue weighted by molar-refractivity contribution is -0.112. The van der Waals surface area contributed by atoms with E-state index in [9.17, 15) is 10.1 Å². The molecule has 0 atom stereocenters. The fourth-order valence-corrected chi connectivity index (χ4v) is 3.32. The van der Waals surface area contributed by atoms with Crippen LogP contribution in [0.3, 0.4) is 0 Å². The zero-order valence-corrected chi connectivity index (χ0v) is 17.7. The molecule has 0 aromatic heterocycles. The molecule has 0 aliphatic heterocycles. The molecule has 0 saturated carbocycles. The minimum absolute atomic E-state index is 0.0120. The SMILES string of the molecule is CCOc1cc(/C=C(/C#N)C(=O)Nc2ccc(CC)cc2)cc(I)c1OC. The Bertz CT molecular complexity index is 884. The standard InChI is InChI=1S/C21H21IN2O3/c1-4-14-6-8-17(9-7-14)24-21(25)16(13-23)10-15-11-18(22)20(26-3)19(12-15)27-5-2/h6-12H,4-5H2,1-3H3,(H,24,25)/b16-10-. The van der Waals surface area contributed by atoms with Crippen LogP contribution in [-0.2, 0) is 11.2 Å². The number of anilines is 1. The average Bonchev–Trinajstić information content (AvgIpc) is 2.66. The van der Waals surface area contributed by atoms with E-state index in [1.807, 2.05) is 43.3 Å². The molecule has 5 nitrogen and oxygen atoms in total. The van der Waals surface area contributed by atoms with Gasteiger partial charge in [0.15, 0.2) is 11.5 Å². The number of hydrogen-bond acceptors (Lipinski definition) is 4. The summed E-state index contributed by atoms with van der Waals surface area (Å²) in [6.45, 7) is 4.43. The van der Waals surface area contributed by atoms with E-state index < -0.39 is 5.91 Å². The molecule has 6 heteroatoms. The van der Waals surface area contributed by atoms with Crippen molar-refractivity contribution in [3.8, 4) is 17.6 Å². The second kappa shape index (κ2) is 9.97. The van der Waals surface area contributed by atoms with E-state index in [2.05, 4.69) is 34.8 Å². The predicted molar refractivity (Wildman–Crippen MR) is 115 cm³/mol.